The summed E-state index contributed by atoms with van der Waals surface area (Å²) < 4.78 is 16.3. The van der Waals surface area contributed by atoms with E-state index in [1.807, 2.05) is 30.3 Å². The van der Waals surface area contributed by atoms with Gasteiger partial charge >= 0.3 is 0 Å². The number of Topliss-reactive ketones (excluding diaryl/α,β-unsaturated/α-hetero) is 1. The molecule has 0 N–H and O–H groups in total. The minimum atomic E-state index is -0.108. The molecule has 1 radical (unpaired) electrons. The van der Waals surface area contributed by atoms with Crippen LogP contribution in [0.1, 0.15) is 40.7 Å². The lowest BCUT2D eigenvalue weighted by Gasteiger charge is -2.12. The van der Waals surface area contributed by atoms with E-state index in [-0.39, 0.29) is 12.2 Å². The first kappa shape index (κ1) is 20.5. The minimum Gasteiger partial charge on any atom is -0.493 e. The van der Waals surface area contributed by atoms with Crippen LogP contribution in [-0.4, -0.2) is 26.6 Å². The van der Waals surface area contributed by atoms with Crippen molar-refractivity contribution in [3.8, 4) is 23.3 Å². The van der Waals surface area contributed by atoms with E-state index < -0.39 is 0 Å². The van der Waals surface area contributed by atoms with Crippen molar-refractivity contribution in [2.45, 2.75) is 25.9 Å². The van der Waals surface area contributed by atoms with Gasteiger partial charge in [-0.25, -0.2) is 0 Å². The molecule has 4 heteroatoms. The zero-order chi connectivity index (χ0) is 19.5. The summed E-state index contributed by atoms with van der Waals surface area (Å²) in [4.78, 5) is 12.1. The molecule has 0 heterocycles. The van der Waals surface area contributed by atoms with Crippen molar-refractivity contribution >= 4 is 5.78 Å². The number of ether oxygens (including phenoxy) is 3. The van der Waals surface area contributed by atoms with Gasteiger partial charge in [0.1, 0.15) is 0 Å². The summed E-state index contributed by atoms with van der Waals surface area (Å²) in [6, 6.07) is 13.6. The second-order valence-corrected chi connectivity index (χ2v) is 5.88. The smallest absolute Gasteiger partial charge is 0.171 e. The second kappa shape index (κ2) is 11.1. The molecule has 0 spiro atoms. The Morgan fingerprint density at radius 2 is 1.89 bits per heavy atom. The van der Waals surface area contributed by atoms with Crippen molar-refractivity contribution in [1.29, 1.82) is 0 Å². The summed E-state index contributed by atoms with van der Waals surface area (Å²) in [5.41, 5.74) is 2.33. The van der Waals surface area contributed by atoms with Crippen LogP contribution in [0.2, 0.25) is 0 Å². The van der Waals surface area contributed by atoms with E-state index in [0.717, 1.165) is 17.5 Å². The van der Waals surface area contributed by atoms with E-state index in [2.05, 4.69) is 18.8 Å². The van der Waals surface area contributed by atoms with Gasteiger partial charge in [0.25, 0.3) is 0 Å². The van der Waals surface area contributed by atoms with Crippen molar-refractivity contribution in [3.63, 3.8) is 0 Å². The lowest BCUT2D eigenvalue weighted by Crippen LogP contribution is -2.03. The molecule has 0 saturated carbocycles. The molecule has 0 aromatic heterocycles. The third-order valence-corrected chi connectivity index (χ3v) is 3.94. The van der Waals surface area contributed by atoms with Gasteiger partial charge in [-0.05, 0) is 31.0 Å². The van der Waals surface area contributed by atoms with Gasteiger partial charge in [-0.1, -0.05) is 42.2 Å². The Morgan fingerprint density at radius 1 is 1.11 bits per heavy atom. The van der Waals surface area contributed by atoms with E-state index in [4.69, 9.17) is 14.2 Å². The third kappa shape index (κ3) is 6.16. The van der Waals surface area contributed by atoms with Crippen LogP contribution in [0.3, 0.4) is 0 Å². The highest BCUT2D eigenvalue weighted by Gasteiger charge is 2.16. The maximum absolute atomic E-state index is 12.1. The molecule has 2 aromatic rings. The van der Waals surface area contributed by atoms with E-state index in [1.54, 1.807) is 12.1 Å². The van der Waals surface area contributed by atoms with Gasteiger partial charge in [0, 0.05) is 25.0 Å². The van der Waals surface area contributed by atoms with Crippen molar-refractivity contribution < 1.29 is 19.0 Å². The van der Waals surface area contributed by atoms with Crippen LogP contribution in [-0.2, 0) is 11.3 Å². The fourth-order valence-electron chi connectivity index (χ4n) is 2.57. The summed E-state index contributed by atoms with van der Waals surface area (Å²) in [7, 11) is 3.05. The fraction of sp³-hybridized carbons (Fsp3) is 0.304. The molecule has 0 fully saturated rings. The monoisotopic (exact) mass is 365 g/mol. The van der Waals surface area contributed by atoms with E-state index in [9.17, 15) is 4.79 Å². The number of hydrogen-bond acceptors (Lipinski definition) is 4. The summed E-state index contributed by atoms with van der Waals surface area (Å²) in [5.74, 6) is 7.01. The first-order valence-electron chi connectivity index (χ1n) is 8.88. The number of rotatable bonds is 9. The summed E-state index contributed by atoms with van der Waals surface area (Å²) >= 11 is 0. The summed E-state index contributed by atoms with van der Waals surface area (Å²) in [6.45, 7) is 4.92. The molecule has 27 heavy (non-hydrogen) atoms. The van der Waals surface area contributed by atoms with E-state index in [1.165, 1.54) is 14.2 Å². The van der Waals surface area contributed by atoms with Crippen LogP contribution in [0.4, 0.5) is 0 Å². The van der Waals surface area contributed by atoms with Crippen LogP contribution in [0, 0.1) is 18.8 Å². The van der Waals surface area contributed by atoms with Gasteiger partial charge in [-0.15, -0.1) is 0 Å². The molecule has 2 aromatic carbocycles. The molecule has 0 unspecified atom stereocenters. The van der Waals surface area contributed by atoms with E-state index in [0.29, 0.717) is 36.7 Å². The zero-order valence-electron chi connectivity index (χ0n) is 15.9. The summed E-state index contributed by atoms with van der Waals surface area (Å²) in [6.07, 6.45) is 1.70. The molecule has 4 nitrogen and oxygen atoms in total. The average Bonchev–Trinajstić information content (AvgIpc) is 2.72. The quantitative estimate of drug-likeness (QED) is 0.374. The van der Waals surface area contributed by atoms with Crippen molar-refractivity contribution in [1.82, 2.24) is 0 Å². The zero-order valence-corrected chi connectivity index (χ0v) is 15.9. The van der Waals surface area contributed by atoms with Crippen molar-refractivity contribution in [2.75, 3.05) is 20.8 Å². The Hall–Kier alpha value is -2.77. The van der Waals surface area contributed by atoms with Crippen LogP contribution >= 0.6 is 0 Å². The van der Waals surface area contributed by atoms with Crippen molar-refractivity contribution in [2.24, 2.45) is 0 Å². The second-order valence-electron chi connectivity index (χ2n) is 5.88. The lowest BCUT2D eigenvalue weighted by molar-refractivity contribution is 0.0991. The molecule has 0 bridgehead atoms. The maximum Gasteiger partial charge on any atom is 0.171 e. The predicted octanol–water partition coefficient (Wildman–Crippen LogP) is 4.46. The Balaban J connectivity index is 1.92. The minimum absolute atomic E-state index is 0.108. The lowest BCUT2D eigenvalue weighted by atomic mass is 10.0. The highest BCUT2D eigenvalue weighted by Crippen LogP contribution is 2.33. The third-order valence-electron chi connectivity index (χ3n) is 3.94. The van der Waals surface area contributed by atoms with Gasteiger partial charge in [0.15, 0.2) is 17.3 Å². The van der Waals surface area contributed by atoms with Crippen molar-refractivity contribution in [3.05, 3.63) is 66.1 Å². The number of methoxy groups -OCH3 is 2. The molecule has 141 valence electrons. The van der Waals surface area contributed by atoms with Crippen LogP contribution in [0.15, 0.2) is 42.5 Å². The molecule has 2 rings (SSSR count). The van der Waals surface area contributed by atoms with Gasteiger partial charge in [0.2, 0.25) is 0 Å². The highest BCUT2D eigenvalue weighted by molar-refractivity contribution is 6.00. The van der Waals surface area contributed by atoms with Crippen LogP contribution in [0.25, 0.3) is 0 Å². The largest absolute Gasteiger partial charge is 0.493 e. The van der Waals surface area contributed by atoms with Gasteiger partial charge < -0.3 is 14.2 Å². The molecular weight excluding hydrogens is 340 g/mol. The first-order chi connectivity index (χ1) is 13.2. The maximum atomic E-state index is 12.1. The molecule has 0 atom stereocenters. The summed E-state index contributed by atoms with van der Waals surface area (Å²) in [5, 5.41) is 0. The Morgan fingerprint density at radius 3 is 2.56 bits per heavy atom. The average molecular weight is 365 g/mol. The normalized spacial score (nSPS) is 10.0. The number of hydrogen-bond donors (Lipinski definition) is 0. The number of unbranched alkanes of at least 4 members (excludes halogenated alkanes) is 1. The molecule has 0 amide bonds. The fourth-order valence-corrected chi connectivity index (χ4v) is 2.57. The molecule has 0 aliphatic heterocycles. The van der Waals surface area contributed by atoms with E-state index >= 15 is 0 Å². The highest BCUT2D eigenvalue weighted by atomic mass is 16.5. The number of carbonyl (C=O) groups is 1. The predicted molar refractivity (Wildman–Crippen MR) is 106 cm³/mol. The van der Waals surface area contributed by atoms with Gasteiger partial charge in [-0.3, -0.25) is 4.79 Å². The SMILES string of the molecule is [CH2]CC(=O)c1cc(C#CCCCOCc2ccccc2)cc(OC)c1OC. The van der Waals surface area contributed by atoms with Crippen LogP contribution < -0.4 is 9.47 Å². The molecule has 0 aliphatic rings. The van der Waals surface area contributed by atoms with Gasteiger partial charge in [-0.2, -0.15) is 0 Å². The number of benzene rings is 2. The Labute approximate surface area is 161 Å². The number of ketones is 1. The van der Waals surface area contributed by atoms with Crippen LogP contribution in [0.5, 0.6) is 11.5 Å². The Kier molecular flexibility index (Phi) is 8.41. The molecule has 0 saturated heterocycles. The topological polar surface area (TPSA) is 44.8 Å². The molecule has 0 aliphatic carbocycles. The standard InChI is InChI=1S/C23H25O4/c1-4-21(24)20-15-19(16-22(25-2)23(20)26-3)13-9-6-10-14-27-17-18-11-7-5-8-12-18/h5,7-8,11-12,15-16H,1,4,6,10,14,17H2,2-3H3. The Bertz CT molecular complexity index is 800. The van der Waals surface area contributed by atoms with Gasteiger partial charge in [0.05, 0.1) is 26.4 Å². The first-order valence-corrected chi connectivity index (χ1v) is 8.88. The number of carbonyl (C=O) groups excluding carboxylic acids is 1. The molecular formula is C23H25O4.